The second-order valence-electron chi connectivity index (χ2n) is 1.47. The average molecular weight is 205 g/mol. The summed E-state index contributed by atoms with van der Waals surface area (Å²) in [7, 11) is 0. The quantitative estimate of drug-likeness (QED) is 0.647. The summed E-state index contributed by atoms with van der Waals surface area (Å²) >= 11 is 2.95. The average Bonchev–Trinajstić information content (AvgIpc) is 2.38. The van der Waals surface area contributed by atoms with Crippen molar-refractivity contribution in [3.63, 3.8) is 0 Å². The first-order valence-electron chi connectivity index (χ1n) is 2.57. The SMILES string of the molecule is O=C(OCBr)n1cccn1. The van der Waals surface area contributed by atoms with Gasteiger partial charge in [0.1, 0.15) is 5.52 Å². The Morgan fingerprint density at radius 2 is 2.60 bits per heavy atom. The molecule has 5 heteroatoms. The van der Waals surface area contributed by atoms with Crippen molar-refractivity contribution in [1.29, 1.82) is 0 Å². The highest BCUT2D eigenvalue weighted by molar-refractivity contribution is 9.09. The summed E-state index contributed by atoms with van der Waals surface area (Å²) in [6.07, 6.45) is 2.54. The fourth-order valence-corrected chi connectivity index (χ4v) is 0.685. The van der Waals surface area contributed by atoms with Gasteiger partial charge < -0.3 is 4.74 Å². The van der Waals surface area contributed by atoms with Crippen molar-refractivity contribution in [3.05, 3.63) is 18.5 Å². The molecule has 0 aliphatic carbocycles. The highest BCUT2D eigenvalue weighted by Crippen LogP contribution is 1.90. The molecule has 4 nitrogen and oxygen atoms in total. The smallest absolute Gasteiger partial charge is 0.435 e. The van der Waals surface area contributed by atoms with E-state index in [2.05, 4.69) is 25.8 Å². The lowest BCUT2D eigenvalue weighted by Gasteiger charge is -1.97. The number of aromatic nitrogens is 2. The van der Waals surface area contributed by atoms with Crippen molar-refractivity contribution in [1.82, 2.24) is 9.78 Å². The molecule has 0 bridgehead atoms. The second-order valence-corrected chi connectivity index (χ2v) is 1.93. The van der Waals surface area contributed by atoms with Crippen molar-refractivity contribution in [2.24, 2.45) is 0 Å². The molecule has 0 saturated heterocycles. The minimum atomic E-state index is -0.484. The predicted molar refractivity (Wildman–Crippen MR) is 37.9 cm³/mol. The number of rotatable bonds is 1. The van der Waals surface area contributed by atoms with E-state index in [1.54, 1.807) is 6.07 Å². The zero-order valence-electron chi connectivity index (χ0n) is 5.03. The van der Waals surface area contributed by atoms with E-state index < -0.39 is 6.09 Å². The second kappa shape index (κ2) is 3.36. The summed E-state index contributed by atoms with van der Waals surface area (Å²) in [5, 5.41) is 3.66. The Hall–Kier alpha value is -0.840. The first kappa shape index (κ1) is 7.27. The summed E-state index contributed by atoms with van der Waals surface area (Å²) in [6.45, 7) is 0. The van der Waals surface area contributed by atoms with Crippen LogP contribution in [0, 0.1) is 0 Å². The molecule has 0 radical (unpaired) electrons. The molecule has 0 amide bonds. The molecule has 0 spiro atoms. The molecule has 0 N–H and O–H groups in total. The van der Waals surface area contributed by atoms with Gasteiger partial charge in [-0.05, 0) is 22.0 Å². The number of hydrogen-bond acceptors (Lipinski definition) is 3. The van der Waals surface area contributed by atoms with Crippen molar-refractivity contribution >= 4 is 22.0 Å². The number of nitrogens with zero attached hydrogens (tertiary/aromatic N) is 2. The van der Waals surface area contributed by atoms with Crippen LogP contribution in [-0.4, -0.2) is 21.4 Å². The van der Waals surface area contributed by atoms with Crippen LogP contribution in [0.5, 0.6) is 0 Å². The molecular formula is C5H5BrN2O2. The Balaban J connectivity index is 2.59. The fourth-order valence-electron chi connectivity index (χ4n) is 0.490. The molecule has 0 atom stereocenters. The molecule has 0 aliphatic heterocycles. The lowest BCUT2D eigenvalue weighted by Crippen LogP contribution is -2.12. The lowest BCUT2D eigenvalue weighted by atomic mass is 10.8. The number of carbonyl (C=O) groups is 1. The van der Waals surface area contributed by atoms with Gasteiger partial charge in [0.25, 0.3) is 0 Å². The van der Waals surface area contributed by atoms with Gasteiger partial charge in [-0.3, -0.25) is 0 Å². The van der Waals surface area contributed by atoms with Crippen LogP contribution in [0.1, 0.15) is 0 Å². The van der Waals surface area contributed by atoms with Crippen LogP contribution in [0.15, 0.2) is 18.5 Å². The van der Waals surface area contributed by atoms with Crippen LogP contribution in [0.25, 0.3) is 0 Å². The Morgan fingerprint density at radius 1 is 1.80 bits per heavy atom. The number of ether oxygens (including phenoxy) is 1. The maximum atomic E-state index is 10.8. The summed E-state index contributed by atoms with van der Waals surface area (Å²) in [5.41, 5.74) is 0.186. The van der Waals surface area contributed by atoms with Gasteiger partial charge in [-0.1, -0.05) is 0 Å². The van der Waals surface area contributed by atoms with Gasteiger partial charge in [-0.2, -0.15) is 9.78 Å². The zero-order valence-corrected chi connectivity index (χ0v) is 6.61. The zero-order chi connectivity index (χ0) is 7.40. The molecule has 0 saturated carbocycles. The lowest BCUT2D eigenvalue weighted by molar-refractivity contribution is 0.165. The van der Waals surface area contributed by atoms with Gasteiger partial charge in [-0.25, -0.2) is 4.79 Å². The largest absolute Gasteiger partial charge is 0.436 e. The number of hydrogen-bond donors (Lipinski definition) is 0. The van der Waals surface area contributed by atoms with Gasteiger partial charge in [0, 0.05) is 12.4 Å². The Kier molecular flexibility index (Phi) is 2.44. The molecule has 0 fully saturated rings. The maximum Gasteiger partial charge on any atom is 0.435 e. The Morgan fingerprint density at radius 3 is 3.10 bits per heavy atom. The molecule has 0 aliphatic rings. The van der Waals surface area contributed by atoms with Crippen LogP contribution in [0.4, 0.5) is 4.79 Å². The summed E-state index contributed by atoms with van der Waals surface area (Å²) in [6, 6.07) is 1.65. The fraction of sp³-hybridized carbons (Fsp3) is 0.200. The van der Waals surface area contributed by atoms with E-state index in [0.717, 1.165) is 4.68 Å². The van der Waals surface area contributed by atoms with E-state index in [4.69, 9.17) is 0 Å². The monoisotopic (exact) mass is 204 g/mol. The van der Waals surface area contributed by atoms with Crippen molar-refractivity contribution in [3.8, 4) is 0 Å². The molecule has 10 heavy (non-hydrogen) atoms. The Bertz CT molecular complexity index is 209. The standard InChI is InChI=1S/C5H5BrN2O2/c6-4-10-5(9)8-3-1-2-7-8/h1-3H,4H2. The van der Waals surface area contributed by atoms with E-state index in [1.165, 1.54) is 12.4 Å². The minimum absolute atomic E-state index is 0.186. The molecule has 0 aromatic carbocycles. The molecule has 1 heterocycles. The summed E-state index contributed by atoms with van der Waals surface area (Å²) in [4.78, 5) is 10.8. The Labute approximate surface area is 65.9 Å². The van der Waals surface area contributed by atoms with E-state index in [9.17, 15) is 4.79 Å². The first-order valence-corrected chi connectivity index (χ1v) is 3.69. The third kappa shape index (κ3) is 1.57. The van der Waals surface area contributed by atoms with E-state index in [0.29, 0.717) is 0 Å². The van der Waals surface area contributed by atoms with E-state index >= 15 is 0 Å². The van der Waals surface area contributed by atoms with Crippen LogP contribution in [0.3, 0.4) is 0 Å². The molecule has 0 unspecified atom stereocenters. The van der Waals surface area contributed by atoms with Crippen LogP contribution >= 0.6 is 15.9 Å². The third-order valence-corrected chi connectivity index (χ3v) is 1.10. The highest BCUT2D eigenvalue weighted by Gasteiger charge is 2.02. The number of halogens is 1. The topological polar surface area (TPSA) is 44.1 Å². The van der Waals surface area contributed by atoms with Gasteiger partial charge in [0.05, 0.1) is 0 Å². The first-order chi connectivity index (χ1) is 4.84. The van der Waals surface area contributed by atoms with Gasteiger partial charge in [0.2, 0.25) is 0 Å². The highest BCUT2D eigenvalue weighted by atomic mass is 79.9. The number of alkyl halides is 1. The number of carbonyl (C=O) groups excluding carboxylic acids is 1. The van der Waals surface area contributed by atoms with Crippen molar-refractivity contribution < 1.29 is 9.53 Å². The molecule has 1 aromatic heterocycles. The van der Waals surface area contributed by atoms with Gasteiger partial charge in [0.15, 0.2) is 0 Å². The predicted octanol–water partition coefficient (Wildman–Crippen LogP) is 1.22. The summed E-state index contributed by atoms with van der Waals surface area (Å²) < 4.78 is 5.68. The van der Waals surface area contributed by atoms with E-state index in [-0.39, 0.29) is 5.52 Å². The van der Waals surface area contributed by atoms with Crippen LogP contribution in [-0.2, 0) is 4.74 Å². The van der Waals surface area contributed by atoms with Crippen LogP contribution < -0.4 is 0 Å². The molecule has 54 valence electrons. The normalized spacial score (nSPS) is 9.30. The van der Waals surface area contributed by atoms with Crippen molar-refractivity contribution in [2.75, 3.05) is 5.52 Å². The third-order valence-electron chi connectivity index (χ3n) is 0.869. The molecule has 1 rings (SSSR count). The summed E-state index contributed by atoms with van der Waals surface area (Å²) in [5.74, 6) is 0. The minimum Gasteiger partial charge on any atom is -0.436 e. The van der Waals surface area contributed by atoms with Crippen molar-refractivity contribution in [2.45, 2.75) is 0 Å². The van der Waals surface area contributed by atoms with Crippen LogP contribution in [0.2, 0.25) is 0 Å². The van der Waals surface area contributed by atoms with Gasteiger partial charge in [-0.15, -0.1) is 0 Å². The maximum absolute atomic E-state index is 10.8. The molecular weight excluding hydrogens is 200 g/mol. The van der Waals surface area contributed by atoms with E-state index in [1.807, 2.05) is 0 Å². The van der Waals surface area contributed by atoms with Gasteiger partial charge >= 0.3 is 6.09 Å². The molecule has 1 aromatic rings.